The topological polar surface area (TPSA) is 103 Å². The van der Waals surface area contributed by atoms with Crippen LogP contribution in [-0.2, 0) is 4.79 Å². The number of carbonyl (C=O) groups is 2. The van der Waals surface area contributed by atoms with Gasteiger partial charge in [-0.1, -0.05) is 73.6 Å². The van der Waals surface area contributed by atoms with E-state index in [1.165, 1.54) is 16.4 Å². The summed E-state index contributed by atoms with van der Waals surface area (Å²) in [4.78, 5) is 40.9. The number of hydrogen-bond acceptors (Lipinski definition) is 7. The Labute approximate surface area is 206 Å². The SMILES string of the molecule is Cc1c(C(=O)CN2C(=O)/C(=C/c3ccccc3)SC2=S)c(O)n(C2CCCCC2)c(=O)c1C#N. The van der Waals surface area contributed by atoms with Gasteiger partial charge >= 0.3 is 0 Å². The lowest BCUT2D eigenvalue weighted by molar-refractivity contribution is -0.121. The minimum Gasteiger partial charge on any atom is -0.494 e. The van der Waals surface area contributed by atoms with Crippen LogP contribution < -0.4 is 5.56 Å². The lowest BCUT2D eigenvalue weighted by atomic mass is 9.93. The van der Waals surface area contributed by atoms with Crippen LogP contribution in [0.3, 0.4) is 0 Å². The summed E-state index contributed by atoms with van der Waals surface area (Å²) in [5, 5.41) is 20.6. The second kappa shape index (κ2) is 9.95. The Kier molecular flexibility index (Phi) is 7.00. The number of nitrogens with zero attached hydrogens (tertiary/aromatic N) is 3. The van der Waals surface area contributed by atoms with Gasteiger partial charge in [-0.2, -0.15) is 5.26 Å². The van der Waals surface area contributed by atoms with Crippen LogP contribution in [0.15, 0.2) is 40.0 Å². The number of pyridine rings is 1. The molecule has 0 unspecified atom stereocenters. The van der Waals surface area contributed by atoms with Crippen molar-refractivity contribution in [2.45, 2.75) is 45.1 Å². The Morgan fingerprint density at radius 2 is 1.91 bits per heavy atom. The molecular formula is C25H23N3O4S2. The average molecular weight is 494 g/mol. The zero-order valence-electron chi connectivity index (χ0n) is 18.6. The van der Waals surface area contributed by atoms with Crippen molar-refractivity contribution in [1.29, 1.82) is 5.26 Å². The Bertz CT molecular complexity index is 1300. The first-order valence-corrected chi connectivity index (χ1v) is 12.3. The Morgan fingerprint density at radius 1 is 1.24 bits per heavy atom. The van der Waals surface area contributed by atoms with E-state index in [0.717, 1.165) is 36.6 Å². The zero-order chi connectivity index (χ0) is 24.4. The highest BCUT2D eigenvalue weighted by atomic mass is 32.2. The van der Waals surface area contributed by atoms with Crippen molar-refractivity contribution in [2.24, 2.45) is 0 Å². The highest BCUT2D eigenvalue weighted by Crippen LogP contribution is 2.35. The van der Waals surface area contributed by atoms with Crippen LogP contribution in [0.5, 0.6) is 5.88 Å². The van der Waals surface area contributed by atoms with Crippen LogP contribution in [0.2, 0.25) is 0 Å². The second-order valence-electron chi connectivity index (χ2n) is 8.38. The van der Waals surface area contributed by atoms with Crippen molar-refractivity contribution in [3.63, 3.8) is 0 Å². The van der Waals surface area contributed by atoms with Gasteiger partial charge < -0.3 is 5.11 Å². The summed E-state index contributed by atoms with van der Waals surface area (Å²) in [6, 6.07) is 10.9. The van der Waals surface area contributed by atoms with Crippen LogP contribution in [0, 0.1) is 18.3 Å². The molecule has 1 aromatic carbocycles. The summed E-state index contributed by atoms with van der Waals surface area (Å²) in [6.45, 7) is 1.08. The van der Waals surface area contributed by atoms with Crippen LogP contribution >= 0.6 is 24.0 Å². The third-order valence-corrected chi connectivity index (χ3v) is 7.62. The molecule has 174 valence electrons. The Hall–Kier alpha value is -3.22. The van der Waals surface area contributed by atoms with Crippen LogP contribution in [0.4, 0.5) is 0 Å². The number of nitriles is 1. The summed E-state index contributed by atoms with van der Waals surface area (Å²) < 4.78 is 1.43. The first kappa shape index (κ1) is 23.9. The van der Waals surface area contributed by atoms with E-state index < -0.39 is 23.1 Å². The van der Waals surface area contributed by atoms with Gasteiger partial charge in [0.1, 0.15) is 16.0 Å². The van der Waals surface area contributed by atoms with E-state index >= 15 is 0 Å². The molecule has 2 aliphatic rings. The summed E-state index contributed by atoms with van der Waals surface area (Å²) in [7, 11) is 0. The zero-order valence-corrected chi connectivity index (χ0v) is 20.2. The normalized spacial score (nSPS) is 17.9. The van der Waals surface area contributed by atoms with E-state index in [1.807, 2.05) is 36.4 Å². The summed E-state index contributed by atoms with van der Waals surface area (Å²) in [5.41, 5.74) is 0.0922. The van der Waals surface area contributed by atoms with E-state index in [0.29, 0.717) is 17.7 Å². The largest absolute Gasteiger partial charge is 0.494 e. The third-order valence-electron chi connectivity index (χ3n) is 6.24. The molecule has 7 nitrogen and oxygen atoms in total. The fraction of sp³-hybridized carbons (Fsp3) is 0.320. The highest BCUT2D eigenvalue weighted by molar-refractivity contribution is 8.26. The molecule has 1 aliphatic carbocycles. The number of aromatic hydroxyl groups is 1. The van der Waals surface area contributed by atoms with Crippen LogP contribution in [0.1, 0.15) is 65.2 Å². The average Bonchev–Trinajstić information content (AvgIpc) is 3.08. The summed E-state index contributed by atoms with van der Waals surface area (Å²) in [6.07, 6.45) is 5.94. The van der Waals surface area contributed by atoms with Gasteiger partial charge in [0, 0.05) is 6.04 Å². The molecule has 0 spiro atoms. The number of hydrogen-bond donors (Lipinski definition) is 1. The van der Waals surface area contributed by atoms with Gasteiger partial charge in [0.15, 0.2) is 5.78 Å². The van der Waals surface area contributed by atoms with Crippen LogP contribution in [-0.4, -0.2) is 37.1 Å². The molecule has 1 aromatic heterocycles. The van der Waals surface area contributed by atoms with Crippen LogP contribution in [0.25, 0.3) is 6.08 Å². The highest BCUT2D eigenvalue weighted by Gasteiger charge is 2.35. The molecule has 2 aromatic rings. The van der Waals surface area contributed by atoms with Gasteiger partial charge in [-0.05, 0) is 37.0 Å². The first-order valence-electron chi connectivity index (χ1n) is 11.0. The predicted octanol–water partition coefficient (Wildman–Crippen LogP) is 4.32. The molecule has 0 atom stereocenters. The molecule has 1 saturated carbocycles. The van der Waals surface area contributed by atoms with Crippen molar-refractivity contribution in [1.82, 2.24) is 9.47 Å². The minimum absolute atomic E-state index is 0.109. The maximum atomic E-state index is 13.3. The molecule has 0 bridgehead atoms. The third kappa shape index (κ3) is 4.43. The minimum atomic E-state index is -0.586. The monoisotopic (exact) mass is 493 g/mol. The molecule has 1 saturated heterocycles. The van der Waals surface area contributed by atoms with E-state index in [2.05, 4.69) is 0 Å². The van der Waals surface area contributed by atoms with E-state index in [-0.39, 0.29) is 33.6 Å². The number of rotatable bonds is 5. The predicted molar refractivity (Wildman–Crippen MR) is 135 cm³/mol. The number of carbonyl (C=O) groups excluding carboxylic acids is 2. The summed E-state index contributed by atoms with van der Waals surface area (Å²) in [5.74, 6) is -1.41. The molecule has 34 heavy (non-hydrogen) atoms. The molecule has 0 radical (unpaired) electrons. The number of benzene rings is 1. The number of Topliss-reactive ketones (excluding diaryl/α,β-unsaturated/α-hetero) is 1. The standard InChI is InChI=1S/C25H23N3O4S2/c1-15-18(13-26)22(30)28(17-10-6-3-7-11-17)24(32)21(15)19(29)14-27-23(31)20(34-25(27)33)12-16-8-4-2-5-9-16/h2,4-5,8-9,12,17,32H,3,6-7,10-11,14H2,1H3/b20-12-. The van der Waals surface area contributed by atoms with E-state index in [1.54, 1.807) is 6.08 Å². The molecule has 1 N–H and O–H groups in total. The van der Waals surface area contributed by atoms with Gasteiger partial charge in [0.2, 0.25) is 5.88 Å². The second-order valence-corrected chi connectivity index (χ2v) is 10.1. The number of thiocarbonyl (C=S) groups is 1. The van der Waals surface area contributed by atoms with Crippen molar-refractivity contribution in [3.8, 4) is 11.9 Å². The van der Waals surface area contributed by atoms with E-state index in [4.69, 9.17) is 12.2 Å². The maximum absolute atomic E-state index is 13.3. The number of ketones is 1. The fourth-order valence-corrected chi connectivity index (χ4v) is 5.75. The van der Waals surface area contributed by atoms with Gasteiger partial charge in [-0.3, -0.25) is 23.9 Å². The van der Waals surface area contributed by atoms with E-state index in [9.17, 15) is 24.8 Å². The van der Waals surface area contributed by atoms with Gasteiger partial charge in [0.05, 0.1) is 17.0 Å². The molecule has 1 amide bonds. The van der Waals surface area contributed by atoms with Gasteiger partial charge in [-0.25, -0.2) is 0 Å². The molecule has 2 heterocycles. The first-order chi connectivity index (χ1) is 16.3. The Balaban J connectivity index is 1.67. The maximum Gasteiger partial charge on any atom is 0.271 e. The molecule has 9 heteroatoms. The summed E-state index contributed by atoms with van der Waals surface area (Å²) >= 11 is 6.45. The van der Waals surface area contributed by atoms with Crippen molar-refractivity contribution >= 4 is 46.1 Å². The van der Waals surface area contributed by atoms with Gasteiger partial charge in [-0.15, -0.1) is 0 Å². The van der Waals surface area contributed by atoms with Gasteiger partial charge in [0.25, 0.3) is 11.5 Å². The lowest BCUT2D eigenvalue weighted by Gasteiger charge is -2.26. The molecule has 1 aliphatic heterocycles. The number of aromatic nitrogens is 1. The molecule has 2 fully saturated rings. The molecular weight excluding hydrogens is 470 g/mol. The van der Waals surface area contributed by atoms with Crippen molar-refractivity contribution in [3.05, 3.63) is 67.8 Å². The molecule has 4 rings (SSSR count). The lowest BCUT2D eigenvalue weighted by Crippen LogP contribution is -2.36. The fourth-order valence-electron chi connectivity index (χ4n) is 4.49. The van der Waals surface area contributed by atoms with Crippen molar-refractivity contribution in [2.75, 3.05) is 6.54 Å². The Morgan fingerprint density at radius 3 is 2.56 bits per heavy atom. The number of thioether (sulfide) groups is 1. The smallest absolute Gasteiger partial charge is 0.271 e. The quantitative estimate of drug-likeness (QED) is 0.376. The number of amides is 1. The van der Waals surface area contributed by atoms with Crippen molar-refractivity contribution < 1.29 is 14.7 Å².